The minimum absolute atomic E-state index is 0.163. The van der Waals surface area contributed by atoms with Gasteiger partial charge in [-0.05, 0) is 33.4 Å². The SMILES string of the molecule is CC(C)N(C(C)C)C(C)[SiH2]CC[SiH3]. The topological polar surface area (TPSA) is 3.24 Å². The molecule has 13 heavy (non-hydrogen) atoms. The maximum absolute atomic E-state index is 2.68. The Morgan fingerprint density at radius 1 is 1.08 bits per heavy atom. The smallest absolute Gasteiger partial charge is 0.0401 e. The van der Waals surface area contributed by atoms with Crippen molar-refractivity contribution in [3.05, 3.63) is 0 Å². The van der Waals surface area contributed by atoms with E-state index in [0.29, 0.717) is 0 Å². The summed E-state index contributed by atoms with van der Waals surface area (Å²) in [5.74, 6) is 0. The third-order valence-electron chi connectivity index (χ3n) is 2.68. The van der Waals surface area contributed by atoms with Gasteiger partial charge in [0.1, 0.15) is 0 Å². The van der Waals surface area contributed by atoms with E-state index in [1.165, 1.54) is 16.3 Å². The van der Waals surface area contributed by atoms with Gasteiger partial charge in [-0.15, -0.1) is 0 Å². The average Bonchev–Trinajstić information content (AvgIpc) is 1.99. The lowest BCUT2D eigenvalue weighted by Gasteiger charge is -2.36. The fourth-order valence-electron chi connectivity index (χ4n) is 2.26. The Morgan fingerprint density at radius 2 is 1.54 bits per heavy atom. The van der Waals surface area contributed by atoms with Crippen LogP contribution in [0.25, 0.3) is 0 Å². The van der Waals surface area contributed by atoms with Gasteiger partial charge >= 0.3 is 0 Å². The zero-order valence-corrected chi connectivity index (χ0v) is 13.7. The van der Waals surface area contributed by atoms with Crippen LogP contribution in [-0.4, -0.2) is 42.4 Å². The van der Waals surface area contributed by atoms with E-state index in [9.17, 15) is 0 Å². The van der Waals surface area contributed by atoms with Crippen LogP contribution in [0.2, 0.25) is 12.1 Å². The van der Waals surface area contributed by atoms with Crippen molar-refractivity contribution in [3.63, 3.8) is 0 Å². The van der Waals surface area contributed by atoms with Gasteiger partial charge in [0, 0.05) is 31.8 Å². The van der Waals surface area contributed by atoms with Crippen LogP contribution in [0.4, 0.5) is 0 Å². The Labute approximate surface area is 89.5 Å². The molecule has 1 atom stereocenters. The molecule has 0 aromatic rings. The number of nitrogens with zero attached hydrogens (tertiary/aromatic N) is 1. The zero-order chi connectivity index (χ0) is 10.4. The molecular weight excluding hydrogens is 190 g/mol. The molecule has 1 unspecified atom stereocenters. The molecule has 0 aliphatic rings. The average molecular weight is 218 g/mol. The van der Waals surface area contributed by atoms with Crippen LogP contribution < -0.4 is 0 Å². The fourth-order valence-corrected chi connectivity index (χ4v) is 5.63. The first-order valence-electron chi connectivity index (χ1n) is 5.78. The van der Waals surface area contributed by atoms with Gasteiger partial charge in [-0.2, -0.15) is 0 Å². The molecule has 0 saturated heterocycles. The maximum Gasteiger partial charge on any atom is 0.0401 e. The Bertz CT molecular complexity index is 118. The minimum atomic E-state index is 0.163. The molecule has 0 aromatic heterocycles. The van der Waals surface area contributed by atoms with Crippen LogP contribution in [0.15, 0.2) is 0 Å². The standard InChI is InChI=1S/C10H27NSi2/c1-8(2)11(9(3)4)10(5)13-7-6-12/h8-10H,6-7,13H2,1-5,12H3. The molecule has 0 aliphatic heterocycles. The largest absolute Gasteiger partial charge is 0.299 e. The first kappa shape index (κ1) is 13.4. The lowest BCUT2D eigenvalue weighted by atomic mass is 10.2. The highest BCUT2D eigenvalue weighted by molar-refractivity contribution is 6.39. The minimum Gasteiger partial charge on any atom is -0.299 e. The number of rotatable bonds is 6. The van der Waals surface area contributed by atoms with E-state index in [1.807, 2.05) is 0 Å². The highest BCUT2D eigenvalue weighted by Gasteiger charge is 2.19. The third kappa shape index (κ3) is 4.98. The molecule has 0 heterocycles. The van der Waals surface area contributed by atoms with Gasteiger partial charge in [0.2, 0.25) is 0 Å². The Hall–Kier alpha value is 0.394. The van der Waals surface area contributed by atoms with Crippen molar-refractivity contribution in [1.29, 1.82) is 0 Å². The summed E-state index contributed by atoms with van der Waals surface area (Å²) in [6, 6.07) is 4.51. The van der Waals surface area contributed by atoms with E-state index in [-0.39, 0.29) is 9.52 Å². The Kier molecular flexibility index (Phi) is 7.00. The normalized spacial score (nSPS) is 15.7. The lowest BCUT2D eigenvalue weighted by molar-refractivity contribution is 0.162. The van der Waals surface area contributed by atoms with Crippen LogP contribution >= 0.6 is 0 Å². The number of hydrogen-bond donors (Lipinski definition) is 0. The van der Waals surface area contributed by atoms with E-state index in [0.717, 1.165) is 17.7 Å². The molecule has 0 radical (unpaired) electrons. The molecule has 0 spiro atoms. The van der Waals surface area contributed by atoms with Crippen molar-refractivity contribution < 1.29 is 0 Å². The van der Waals surface area contributed by atoms with Crippen molar-refractivity contribution in [2.75, 3.05) is 0 Å². The first-order valence-corrected chi connectivity index (χ1v) is 9.01. The van der Waals surface area contributed by atoms with Gasteiger partial charge in [0.25, 0.3) is 0 Å². The predicted molar refractivity (Wildman–Crippen MR) is 69.7 cm³/mol. The quantitative estimate of drug-likeness (QED) is 0.596. The van der Waals surface area contributed by atoms with Gasteiger partial charge in [-0.1, -0.05) is 19.0 Å². The second-order valence-corrected chi connectivity index (χ2v) is 8.09. The molecule has 0 saturated carbocycles. The molecule has 1 nitrogen and oxygen atoms in total. The molecular formula is C10H27NSi2. The highest BCUT2D eigenvalue weighted by atomic mass is 28.2. The van der Waals surface area contributed by atoms with Gasteiger partial charge in [0.15, 0.2) is 0 Å². The van der Waals surface area contributed by atoms with E-state index >= 15 is 0 Å². The van der Waals surface area contributed by atoms with E-state index in [1.54, 1.807) is 6.04 Å². The molecule has 80 valence electrons. The lowest BCUT2D eigenvalue weighted by Crippen LogP contribution is -2.46. The van der Waals surface area contributed by atoms with Gasteiger partial charge < -0.3 is 0 Å². The molecule has 0 N–H and O–H groups in total. The summed E-state index contributed by atoms with van der Waals surface area (Å²) in [4.78, 5) is 2.68. The summed E-state index contributed by atoms with van der Waals surface area (Å²) in [5.41, 5.74) is 0.897. The van der Waals surface area contributed by atoms with E-state index in [2.05, 4.69) is 39.5 Å². The molecule has 0 aliphatic carbocycles. The van der Waals surface area contributed by atoms with Crippen molar-refractivity contribution in [2.24, 2.45) is 0 Å². The number of hydrogen-bond acceptors (Lipinski definition) is 1. The fraction of sp³-hybridized carbons (Fsp3) is 1.00. The van der Waals surface area contributed by atoms with Crippen LogP contribution in [0.3, 0.4) is 0 Å². The Morgan fingerprint density at radius 3 is 1.85 bits per heavy atom. The highest BCUT2D eigenvalue weighted by Crippen LogP contribution is 2.10. The monoisotopic (exact) mass is 217 g/mol. The van der Waals surface area contributed by atoms with Crippen LogP contribution in [0.1, 0.15) is 34.6 Å². The molecule has 0 aromatic carbocycles. The van der Waals surface area contributed by atoms with Crippen LogP contribution in [0.5, 0.6) is 0 Å². The second kappa shape index (κ2) is 6.79. The molecule has 0 fully saturated rings. The van der Waals surface area contributed by atoms with Gasteiger partial charge in [-0.3, -0.25) is 4.90 Å². The summed E-state index contributed by atoms with van der Waals surface area (Å²) < 4.78 is 0. The van der Waals surface area contributed by atoms with Crippen LogP contribution in [0, 0.1) is 0 Å². The summed E-state index contributed by atoms with van der Waals surface area (Å²) in [5, 5.41) is 0. The molecule has 0 rings (SSSR count). The first-order chi connectivity index (χ1) is 6.00. The molecule has 0 bridgehead atoms. The maximum atomic E-state index is 2.68. The predicted octanol–water partition coefficient (Wildman–Crippen LogP) is 0.822. The summed E-state index contributed by atoms with van der Waals surface area (Å²) in [7, 11) is 1.56. The molecule has 0 amide bonds. The van der Waals surface area contributed by atoms with Crippen molar-refractivity contribution in [3.8, 4) is 0 Å². The van der Waals surface area contributed by atoms with E-state index < -0.39 is 0 Å². The van der Waals surface area contributed by atoms with Gasteiger partial charge in [0.05, 0.1) is 0 Å². The van der Waals surface area contributed by atoms with Crippen molar-refractivity contribution in [1.82, 2.24) is 4.90 Å². The summed E-state index contributed by atoms with van der Waals surface area (Å²) in [6.45, 7) is 11.7. The molecule has 3 heteroatoms. The second-order valence-electron chi connectivity index (χ2n) is 4.63. The Balaban J connectivity index is 4.04. The summed E-state index contributed by atoms with van der Waals surface area (Å²) in [6.07, 6.45) is 0. The summed E-state index contributed by atoms with van der Waals surface area (Å²) >= 11 is 0. The van der Waals surface area contributed by atoms with Gasteiger partial charge in [-0.25, -0.2) is 0 Å². The van der Waals surface area contributed by atoms with E-state index in [4.69, 9.17) is 0 Å². The van der Waals surface area contributed by atoms with Crippen LogP contribution in [-0.2, 0) is 0 Å². The van der Waals surface area contributed by atoms with Crippen molar-refractivity contribution >= 4 is 19.8 Å². The zero-order valence-electron chi connectivity index (χ0n) is 10.3. The van der Waals surface area contributed by atoms with Crippen molar-refractivity contribution in [2.45, 2.75) is 64.5 Å². The third-order valence-corrected chi connectivity index (χ3v) is 7.17.